The number of benzene rings is 1. The van der Waals surface area contributed by atoms with Crippen LogP contribution in [0.3, 0.4) is 0 Å². The summed E-state index contributed by atoms with van der Waals surface area (Å²) in [6.07, 6.45) is 4.36. The van der Waals surface area contributed by atoms with E-state index < -0.39 is 17.7 Å². The van der Waals surface area contributed by atoms with Gasteiger partial charge in [-0.15, -0.1) is 0 Å². The van der Waals surface area contributed by atoms with Crippen molar-refractivity contribution in [2.45, 2.75) is 52.2 Å². The summed E-state index contributed by atoms with van der Waals surface area (Å²) in [6, 6.07) is 7.10. The average Bonchev–Trinajstić information content (AvgIpc) is 2.81. The molecule has 0 unspecified atom stereocenters. The van der Waals surface area contributed by atoms with E-state index in [4.69, 9.17) is 18.9 Å². The first-order valence-corrected chi connectivity index (χ1v) is 11.6. The molecule has 1 atom stereocenters. The molecular weight excluding hydrogens is 450 g/mol. The van der Waals surface area contributed by atoms with E-state index in [1.165, 1.54) is 7.11 Å². The third-order valence-corrected chi connectivity index (χ3v) is 5.03. The Hall–Kier alpha value is -3.46. The lowest BCUT2D eigenvalue weighted by Gasteiger charge is -2.19. The molecule has 9 nitrogen and oxygen atoms in total. The Labute approximate surface area is 205 Å². The monoisotopic (exact) mass is 483 g/mol. The molecule has 2 heterocycles. The number of methoxy groups -OCH3 is 1. The van der Waals surface area contributed by atoms with E-state index in [0.29, 0.717) is 36.7 Å². The predicted molar refractivity (Wildman–Crippen MR) is 133 cm³/mol. The van der Waals surface area contributed by atoms with Gasteiger partial charge in [0.1, 0.15) is 11.7 Å². The van der Waals surface area contributed by atoms with E-state index in [1.54, 1.807) is 24.5 Å². The van der Waals surface area contributed by atoms with Gasteiger partial charge >= 0.3 is 12.1 Å². The molecule has 0 aliphatic rings. The number of fused-ring (bicyclic) bond motifs is 3. The molecule has 2 aromatic heterocycles. The molecule has 0 aliphatic carbocycles. The molecule has 0 radical (unpaired) electrons. The van der Waals surface area contributed by atoms with Crippen LogP contribution < -0.4 is 10.1 Å². The first-order chi connectivity index (χ1) is 16.7. The Kier molecular flexibility index (Phi) is 8.81. The summed E-state index contributed by atoms with van der Waals surface area (Å²) in [5.74, 6) is 0.0279. The number of rotatable bonds is 10. The van der Waals surface area contributed by atoms with Gasteiger partial charge in [0.15, 0.2) is 0 Å². The molecule has 0 saturated heterocycles. The van der Waals surface area contributed by atoms with Crippen molar-refractivity contribution < 1.29 is 28.5 Å². The second kappa shape index (κ2) is 11.8. The van der Waals surface area contributed by atoms with Gasteiger partial charge in [0, 0.05) is 41.7 Å². The summed E-state index contributed by atoms with van der Waals surface area (Å²) in [6.45, 7) is 8.85. The van der Waals surface area contributed by atoms with E-state index in [0.717, 1.165) is 29.0 Å². The van der Waals surface area contributed by atoms with Crippen LogP contribution in [0.5, 0.6) is 5.88 Å². The first kappa shape index (κ1) is 26.2. The van der Waals surface area contributed by atoms with Crippen LogP contribution in [0, 0.1) is 0 Å². The van der Waals surface area contributed by atoms with Crippen LogP contribution in [0.25, 0.3) is 21.7 Å². The molecule has 0 aliphatic heterocycles. The fourth-order valence-electron chi connectivity index (χ4n) is 3.46. The highest BCUT2D eigenvalue weighted by Crippen LogP contribution is 2.31. The van der Waals surface area contributed by atoms with Gasteiger partial charge in [-0.1, -0.05) is 6.07 Å². The Morgan fingerprint density at radius 1 is 1.09 bits per heavy atom. The van der Waals surface area contributed by atoms with E-state index in [9.17, 15) is 9.59 Å². The van der Waals surface area contributed by atoms with Gasteiger partial charge in [0.25, 0.3) is 0 Å². The molecule has 0 fully saturated rings. The van der Waals surface area contributed by atoms with Gasteiger partial charge in [0.2, 0.25) is 5.88 Å². The fourth-order valence-corrected chi connectivity index (χ4v) is 3.46. The molecule has 1 aromatic carbocycles. The standard InChI is InChI=1S/C26H33N3O6/c1-17(16-33-13-7-6-11-28-25(31)35-26(2,3)4)34-23-20-10-12-27-15-21(20)19-9-8-18(24(30)32-5)14-22(19)29-23/h8-10,12,14-15,17H,6-7,11,13,16H2,1-5H3,(H,28,31)/t17-/m0/s1. The van der Waals surface area contributed by atoms with E-state index in [-0.39, 0.29) is 6.10 Å². The Bertz CT molecular complexity index is 1170. The summed E-state index contributed by atoms with van der Waals surface area (Å²) >= 11 is 0. The molecular formula is C26H33N3O6. The van der Waals surface area contributed by atoms with Crippen molar-refractivity contribution in [3.63, 3.8) is 0 Å². The molecule has 0 bridgehead atoms. The highest BCUT2D eigenvalue weighted by atomic mass is 16.6. The number of hydrogen-bond donors (Lipinski definition) is 1. The molecule has 1 amide bonds. The molecule has 35 heavy (non-hydrogen) atoms. The van der Waals surface area contributed by atoms with Gasteiger partial charge in [-0.3, -0.25) is 4.98 Å². The van der Waals surface area contributed by atoms with Gasteiger partial charge < -0.3 is 24.3 Å². The maximum atomic E-state index is 11.9. The summed E-state index contributed by atoms with van der Waals surface area (Å²) in [7, 11) is 1.35. The largest absolute Gasteiger partial charge is 0.472 e. The molecule has 3 rings (SSSR count). The number of alkyl carbamates (subject to hydrolysis) is 1. The number of nitrogens with one attached hydrogen (secondary N) is 1. The second-order valence-electron chi connectivity index (χ2n) is 9.20. The Morgan fingerprint density at radius 2 is 1.89 bits per heavy atom. The summed E-state index contributed by atoms with van der Waals surface area (Å²) in [5, 5.41) is 5.32. The van der Waals surface area contributed by atoms with Crippen LogP contribution in [-0.2, 0) is 14.2 Å². The van der Waals surface area contributed by atoms with Crippen molar-refractivity contribution in [1.29, 1.82) is 0 Å². The van der Waals surface area contributed by atoms with Crippen LogP contribution >= 0.6 is 0 Å². The van der Waals surface area contributed by atoms with E-state index in [2.05, 4.69) is 15.3 Å². The zero-order valence-electron chi connectivity index (χ0n) is 20.9. The molecule has 188 valence electrons. The van der Waals surface area contributed by atoms with Crippen molar-refractivity contribution in [3.8, 4) is 5.88 Å². The van der Waals surface area contributed by atoms with Crippen LogP contribution in [0.15, 0.2) is 36.7 Å². The van der Waals surface area contributed by atoms with Crippen molar-refractivity contribution in [3.05, 3.63) is 42.2 Å². The molecule has 9 heteroatoms. The summed E-state index contributed by atoms with van der Waals surface area (Å²) in [4.78, 5) is 32.5. The second-order valence-corrected chi connectivity index (χ2v) is 9.20. The maximum Gasteiger partial charge on any atom is 0.407 e. The Morgan fingerprint density at radius 3 is 2.63 bits per heavy atom. The number of unbranched alkanes of at least 4 members (excludes halogenated alkanes) is 1. The maximum absolute atomic E-state index is 11.9. The molecule has 0 saturated carbocycles. The summed E-state index contributed by atoms with van der Waals surface area (Å²) < 4.78 is 21.9. The third-order valence-electron chi connectivity index (χ3n) is 5.03. The fraction of sp³-hybridized carbons (Fsp3) is 0.462. The van der Waals surface area contributed by atoms with Gasteiger partial charge in [-0.05, 0) is 58.7 Å². The number of nitrogens with zero attached hydrogens (tertiary/aromatic N) is 2. The number of carbonyl (C=O) groups is 2. The van der Waals surface area contributed by atoms with E-state index in [1.807, 2.05) is 39.8 Å². The minimum Gasteiger partial charge on any atom is -0.472 e. The predicted octanol–water partition coefficient (Wildman–Crippen LogP) is 4.66. The number of aromatic nitrogens is 2. The molecule has 1 N–H and O–H groups in total. The van der Waals surface area contributed by atoms with Crippen molar-refractivity contribution >= 4 is 33.7 Å². The number of amides is 1. The number of hydrogen-bond acceptors (Lipinski definition) is 8. The van der Waals surface area contributed by atoms with Crippen LogP contribution in [0.1, 0.15) is 50.9 Å². The van der Waals surface area contributed by atoms with Crippen LogP contribution in [-0.4, -0.2) is 60.6 Å². The Balaban J connectivity index is 1.54. The van der Waals surface area contributed by atoms with E-state index >= 15 is 0 Å². The zero-order chi connectivity index (χ0) is 25.4. The van der Waals surface area contributed by atoms with Gasteiger partial charge in [0.05, 0.1) is 24.8 Å². The van der Waals surface area contributed by atoms with Crippen LogP contribution in [0.4, 0.5) is 4.79 Å². The lowest BCUT2D eigenvalue weighted by molar-refractivity contribution is 0.0503. The molecule has 3 aromatic rings. The van der Waals surface area contributed by atoms with Crippen molar-refractivity contribution in [2.75, 3.05) is 26.9 Å². The van der Waals surface area contributed by atoms with Crippen molar-refractivity contribution in [2.24, 2.45) is 0 Å². The number of ether oxygens (including phenoxy) is 4. The lowest BCUT2D eigenvalue weighted by atomic mass is 10.1. The third kappa shape index (κ3) is 7.51. The topological polar surface area (TPSA) is 109 Å². The SMILES string of the molecule is COC(=O)c1ccc2c(c1)nc(O[C@@H](C)COCCCCNC(=O)OC(C)(C)C)c1ccncc12. The smallest absolute Gasteiger partial charge is 0.407 e. The highest BCUT2D eigenvalue weighted by molar-refractivity contribution is 6.08. The minimum atomic E-state index is -0.505. The lowest BCUT2D eigenvalue weighted by Crippen LogP contribution is -2.33. The van der Waals surface area contributed by atoms with Gasteiger partial charge in [-0.25, -0.2) is 14.6 Å². The normalized spacial score (nSPS) is 12.4. The van der Waals surface area contributed by atoms with Crippen molar-refractivity contribution in [1.82, 2.24) is 15.3 Å². The first-order valence-electron chi connectivity index (χ1n) is 11.6. The minimum absolute atomic E-state index is 0.250. The quantitative estimate of drug-likeness (QED) is 0.252. The zero-order valence-corrected chi connectivity index (χ0v) is 20.9. The highest BCUT2D eigenvalue weighted by Gasteiger charge is 2.16. The number of esters is 1. The average molecular weight is 484 g/mol. The number of carbonyl (C=O) groups excluding carboxylic acids is 2. The number of pyridine rings is 2. The molecule has 0 spiro atoms. The summed E-state index contributed by atoms with van der Waals surface area (Å²) in [5.41, 5.74) is 0.530. The van der Waals surface area contributed by atoms with Gasteiger partial charge in [-0.2, -0.15) is 0 Å². The van der Waals surface area contributed by atoms with Crippen LogP contribution in [0.2, 0.25) is 0 Å².